The Balaban J connectivity index is 2.75. The Morgan fingerprint density at radius 3 is 2.58 bits per heavy atom. The summed E-state index contributed by atoms with van der Waals surface area (Å²) in [4.78, 5) is 24.1. The van der Waals surface area contributed by atoms with E-state index in [4.69, 9.17) is 0 Å². The van der Waals surface area contributed by atoms with Crippen molar-refractivity contribution < 1.29 is 9.59 Å². The van der Waals surface area contributed by atoms with E-state index >= 15 is 0 Å². The Morgan fingerprint density at radius 1 is 1.32 bits per heavy atom. The minimum absolute atomic E-state index is 0.322. The van der Waals surface area contributed by atoms with Crippen LogP contribution in [-0.2, 0) is 9.59 Å². The third-order valence-electron chi connectivity index (χ3n) is 2.82. The molecule has 0 heterocycles. The van der Waals surface area contributed by atoms with E-state index in [2.05, 4.69) is 17.2 Å². The van der Waals surface area contributed by atoms with Gasteiger partial charge in [0.15, 0.2) is 0 Å². The van der Waals surface area contributed by atoms with Crippen molar-refractivity contribution in [2.75, 3.05) is 11.9 Å². The molecule has 1 rings (SSSR count). The van der Waals surface area contributed by atoms with Crippen molar-refractivity contribution in [1.82, 2.24) is 5.32 Å². The van der Waals surface area contributed by atoms with Crippen LogP contribution in [0.4, 0.5) is 5.69 Å². The summed E-state index contributed by atoms with van der Waals surface area (Å²) in [5, 5.41) is 5.39. The Morgan fingerprint density at radius 2 is 2.00 bits per heavy atom. The van der Waals surface area contributed by atoms with E-state index in [0.717, 1.165) is 5.56 Å². The van der Waals surface area contributed by atoms with Crippen LogP contribution in [0.3, 0.4) is 0 Å². The van der Waals surface area contributed by atoms with E-state index in [1.54, 1.807) is 26.0 Å². The summed E-state index contributed by atoms with van der Waals surface area (Å²) in [6, 6.07) is 7.45. The van der Waals surface area contributed by atoms with Gasteiger partial charge in [0.2, 0.25) is 11.8 Å². The lowest BCUT2D eigenvalue weighted by Gasteiger charge is -2.22. The molecule has 2 N–H and O–H groups in total. The first-order chi connectivity index (χ1) is 8.87. The second-order valence-electron chi connectivity index (χ2n) is 4.95. The predicted molar refractivity (Wildman–Crippen MR) is 76.8 cm³/mol. The molecule has 2 amide bonds. The predicted octanol–water partition coefficient (Wildman–Crippen LogP) is 2.26. The first kappa shape index (κ1) is 15.0. The van der Waals surface area contributed by atoms with Gasteiger partial charge in [-0.25, -0.2) is 0 Å². The van der Waals surface area contributed by atoms with E-state index in [0.29, 0.717) is 12.2 Å². The van der Waals surface area contributed by atoms with Crippen molar-refractivity contribution in [2.45, 2.75) is 20.8 Å². The maximum atomic E-state index is 12.2. The SMILES string of the molecule is C=CCNC(=O)C(C)(C)C(=O)Nc1cccc(C)c1. The van der Waals surface area contributed by atoms with Crippen LogP contribution in [0, 0.1) is 12.3 Å². The van der Waals surface area contributed by atoms with Crippen molar-refractivity contribution in [2.24, 2.45) is 5.41 Å². The van der Waals surface area contributed by atoms with Gasteiger partial charge in [-0.15, -0.1) is 6.58 Å². The summed E-state index contributed by atoms with van der Waals surface area (Å²) < 4.78 is 0. The summed E-state index contributed by atoms with van der Waals surface area (Å²) in [6.07, 6.45) is 1.58. The van der Waals surface area contributed by atoms with Crippen molar-refractivity contribution in [3.63, 3.8) is 0 Å². The Hall–Kier alpha value is -2.10. The number of nitrogens with one attached hydrogen (secondary N) is 2. The molecule has 1 aromatic rings. The lowest BCUT2D eigenvalue weighted by atomic mass is 9.91. The molecule has 0 bridgehead atoms. The monoisotopic (exact) mass is 260 g/mol. The molecule has 0 saturated heterocycles. The first-order valence-electron chi connectivity index (χ1n) is 6.15. The minimum atomic E-state index is -1.13. The average Bonchev–Trinajstić information content (AvgIpc) is 2.35. The van der Waals surface area contributed by atoms with Gasteiger partial charge < -0.3 is 10.6 Å². The number of hydrogen-bond acceptors (Lipinski definition) is 2. The van der Waals surface area contributed by atoms with Crippen LogP contribution in [0.25, 0.3) is 0 Å². The van der Waals surface area contributed by atoms with E-state index in [-0.39, 0.29) is 11.8 Å². The highest BCUT2D eigenvalue weighted by atomic mass is 16.2. The molecule has 0 saturated carbocycles. The highest BCUT2D eigenvalue weighted by molar-refractivity contribution is 6.09. The summed E-state index contributed by atoms with van der Waals surface area (Å²) in [6.45, 7) is 9.00. The number of amides is 2. The van der Waals surface area contributed by atoms with Crippen LogP contribution in [0.5, 0.6) is 0 Å². The Bertz CT molecular complexity index is 493. The molecule has 0 fully saturated rings. The first-order valence-corrected chi connectivity index (χ1v) is 6.15. The molecule has 0 radical (unpaired) electrons. The van der Waals surface area contributed by atoms with Crippen LogP contribution in [0.2, 0.25) is 0 Å². The summed E-state index contributed by atoms with van der Waals surface area (Å²) in [5.41, 5.74) is 0.605. The number of benzene rings is 1. The van der Waals surface area contributed by atoms with E-state index < -0.39 is 5.41 Å². The quantitative estimate of drug-likeness (QED) is 0.630. The molecule has 0 unspecified atom stereocenters. The lowest BCUT2D eigenvalue weighted by molar-refractivity contribution is -0.138. The van der Waals surface area contributed by atoms with Crippen LogP contribution >= 0.6 is 0 Å². The number of carbonyl (C=O) groups is 2. The number of anilines is 1. The smallest absolute Gasteiger partial charge is 0.239 e. The highest BCUT2D eigenvalue weighted by Gasteiger charge is 2.35. The zero-order valence-corrected chi connectivity index (χ0v) is 11.6. The number of hydrogen-bond donors (Lipinski definition) is 2. The van der Waals surface area contributed by atoms with Gasteiger partial charge in [-0.05, 0) is 38.5 Å². The van der Waals surface area contributed by atoms with Gasteiger partial charge in [0, 0.05) is 12.2 Å². The summed E-state index contributed by atoms with van der Waals surface area (Å²) >= 11 is 0. The lowest BCUT2D eigenvalue weighted by Crippen LogP contribution is -2.45. The highest BCUT2D eigenvalue weighted by Crippen LogP contribution is 2.19. The van der Waals surface area contributed by atoms with Gasteiger partial charge in [-0.2, -0.15) is 0 Å². The molecule has 0 aliphatic rings. The average molecular weight is 260 g/mol. The maximum Gasteiger partial charge on any atom is 0.239 e. The topological polar surface area (TPSA) is 58.2 Å². The molecule has 1 aromatic carbocycles. The molecule has 0 atom stereocenters. The standard InChI is InChI=1S/C15H20N2O2/c1-5-9-16-13(18)15(3,4)14(19)17-12-8-6-7-11(2)10-12/h5-8,10H,1,9H2,2-4H3,(H,16,18)(H,17,19). The van der Waals surface area contributed by atoms with E-state index in [1.807, 2.05) is 25.1 Å². The number of aryl methyl sites for hydroxylation is 1. The van der Waals surface area contributed by atoms with Crippen LogP contribution in [-0.4, -0.2) is 18.4 Å². The zero-order chi connectivity index (χ0) is 14.5. The zero-order valence-electron chi connectivity index (χ0n) is 11.6. The van der Waals surface area contributed by atoms with Crippen LogP contribution < -0.4 is 10.6 Å². The second-order valence-corrected chi connectivity index (χ2v) is 4.95. The molecule has 0 aromatic heterocycles. The van der Waals surface area contributed by atoms with Crippen LogP contribution in [0.15, 0.2) is 36.9 Å². The van der Waals surface area contributed by atoms with Crippen molar-refractivity contribution in [3.05, 3.63) is 42.5 Å². The summed E-state index contributed by atoms with van der Waals surface area (Å²) in [7, 11) is 0. The van der Waals surface area contributed by atoms with Gasteiger partial charge in [0.25, 0.3) is 0 Å². The third kappa shape index (κ3) is 3.95. The second kappa shape index (κ2) is 6.18. The normalized spacial score (nSPS) is 10.7. The largest absolute Gasteiger partial charge is 0.352 e. The van der Waals surface area contributed by atoms with Crippen LogP contribution in [0.1, 0.15) is 19.4 Å². The van der Waals surface area contributed by atoms with Gasteiger partial charge >= 0.3 is 0 Å². The van der Waals surface area contributed by atoms with Crippen molar-refractivity contribution in [1.29, 1.82) is 0 Å². The molecule has 0 spiro atoms. The number of rotatable bonds is 5. The molecular weight excluding hydrogens is 240 g/mol. The van der Waals surface area contributed by atoms with Crippen molar-refractivity contribution >= 4 is 17.5 Å². The molecule has 19 heavy (non-hydrogen) atoms. The fourth-order valence-electron chi connectivity index (χ4n) is 1.50. The van der Waals surface area contributed by atoms with Gasteiger partial charge in [-0.3, -0.25) is 9.59 Å². The Labute approximate surface area is 113 Å². The maximum absolute atomic E-state index is 12.2. The molecule has 0 aliphatic carbocycles. The van der Waals surface area contributed by atoms with E-state index in [9.17, 15) is 9.59 Å². The van der Waals surface area contributed by atoms with Crippen molar-refractivity contribution in [3.8, 4) is 0 Å². The fourth-order valence-corrected chi connectivity index (χ4v) is 1.50. The molecular formula is C15H20N2O2. The Kier molecular flexibility index (Phi) is 4.87. The molecule has 0 aliphatic heterocycles. The third-order valence-corrected chi connectivity index (χ3v) is 2.82. The molecule has 4 nitrogen and oxygen atoms in total. The fraction of sp³-hybridized carbons (Fsp3) is 0.333. The van der Waals surface area contributed by atoms with E-state index in [1.165, 1.54) is 0 Å². The number of carbonyl (C=O) groups excluding carboxylic acids is 2. The van der Waals surface area contributed by atoms with Gasteiger partial charge in [0.05, 0.1) is 0 Å². The van der Waals surface area contributed by atoms with Gasteiger partial charge in [0.1, 0.15) is 5.41 Å². The molecule has 4 heteroatoms. The summed E-state index contributed by atoms with van der Waals surface area (Å²) in [5.74, 6) is -0.655. The molecule has 102 valence electrons. The van der Waals surface area contributed by atoms with Gasteiger partial charge in [-0.1, -0.05) is 18.2 Å². The minimum Gasteiger partial charge on any atom is -0.352 e.